The number of urea groups is 1. The number of amides is 2. The van der Waals surface area contributed by atoms with Crippen LogP contribution in [0.3, 0.4) is 0 Å². The molecular formula is C9H14N4O3. The maximum absolute atomic E-state index is 11.2. The summed E-state index contributed by atoms with van der Waals surface area (Å²) in [6.45, 7) is 1.64. The Morgan fingerprint density at radius 1 is 1.62 bits per heavy atom. The standard InChI is InChI=1S/C9H14N4O3/c1-6(8(14)15)12-9(16)11-5-7-10-3-4-13(7)2/h3-4,6H,5H2,1-2H3,(H,14,15)(H2,11,12,16). The minimum Gasteiger partial charge on any atom is -0.480 e. The minimum atomic E-state index is -1.08. The number of aryl methyl sites for hydroxylation is 1. The zero-order valence-corrected chi connectivity index (χ0v) is 9.10. The molecule has 1 aromatic heterocycles. The van der Waals surface area contributed by atoms with Crippen molar-refractivity contribution in [2.24, 2.45) is 7.05 Å². The second kappa shape index (κ2) is 5.15. The molecule has 1 unspecified atom stereocenters. The van der Waals surface area contributed by atoms with Crippen molar-refractivity contribution >= 4 is 12.0 Å². The van der Waals surface area contributed by atoms with Crippen molar-refractivity contribution in [1.82, 2.24) is 20.2 Å². The fourth-order valence-electron chi connectivity index (χ4n) is 1.04. The molecule has 0 fully saturated rings. The highest BCUT2D eigenvalue weighted by molar-refractivity contribution is 5.81. The molecule has 1 rings (SSSR count). The lowest BCUT2D eigenvalue weighted by molar-refractivity contribution is -0.138. The van der Waals surface area contributed by atoms with Crippen LogP contribution in [0.15, 0.2) is 12.4 Å². The number of hydrogen-bond acceptors (Lipinski definition) is 3. The number of imidazole rings is 1. The largest absolute Gasteiger partial charge is 0.480 e. The number of rotatable bonds is 4. The van der Waals surface area contributed by atoms with Crippen molar-refractivity contribution < 1.29 is 14.7 Å². The van der Waals surface area contributed by atoms with Gasteiger partial charge < -0.3 is 20.3 Å². The second-order valence-corrected chi connectivity index (χ2v) is 3.34. The molecule has 1 aromatic rings. The molecular weight excluding hydrogens is 212 g/mol. The summed E-state index contributed by atoms with van der Waals surface area (Å²) in [7, 11) is 1.81. The van der Waals surface area contributed by atoms with E-state index in [0.29, 0.717) is 5.82 Å². The van der Waals surface area contributed by atoms with E-state index in [1.54, 1.807) is 17.0 Å². The van der Waals surface area contributed by atoms with Crippen LogP contribution < -0.4 is 10.6 Å². The molecule has 0 saturated heterocycles. The van der Waals surface area contributed by atoms with Gasteiger partial charge in [-0.1, -0.05) is 0 Å². The maximum atomic E-state index is 11.2. The summed E-state index contributed by atoms with van der Waals surface area (Å²) in [6, 6.07) is -1.45. The Bertz CT molecular complexity index is 388. The number of carbonyl (C=O) groups excluding carboxylic acids is 1. The van der Waals surface area contributed by atoms with Gasteiger partial charge in [-0.3, -0.25) is 4.79 Å². The molecule has 88 valence electrons. The molecule has 16 heavy (non-hydrogen) atoms. The molecule has 0 spiro atoms. The Labute approximate surface area is 92.5 Å². The highest BCUT2D eigenvalue weighted by Crippen LogP contribution is 1.92. The number of nitrogens with one attached hydrogen (secondary N) is 2. The average Bonchev–Trinajstić information content (AvgIpc) is 2.61. The van der Waals surface area contributed by atoms with E-state index in [0.717, 1.165) is 0 Å². The van der Waals surface area contributed by atoms with Gasteiger partial charge in [-0.05, 0) is 6.92 Å². The van der Waals surface area contributed by atoms with Crippen LogP contribution in [-0.4, -0.2) is 32.7 Å². The lowest BCUT2D eigenvalue weighted by atomic mass is 10.3. The van der Waals surface area contributed by atoms with Gasteiger partial charge in [0, 0.05) is 19.4 Å². The summed E-state index contributed by atoms with van der Waals surface area (Å²) in [5, 5.41) is 13.4. The molecule has 7 heteroatoms. The van der Waals surface area contributed by atoms with Gasteiger partial charge in [-0.15, -0.1) is 0 Å². The van der Waals surface area contributed by atoms with Crippen LogP contribution in [-0.2, 0) is 18.4 Å². The summed E-state index contributed by atoms with van der Waals surface area (Å²) in [6.07, 6.45) is 3.38. The molecule has 1 heterocycles. The Morgan fingerprint density at radius 3 is 2.81 bits per heavy atom. The Hall–Kier alpha value is -2.05. The minimum absolute atomic E-state index is 0.252. The second-order valence-electron chi connectivity index (χ2n) is 3.34. The van der Waals surface area contributed by atoms with Crippen LogP contribution in [0.2, 0.25) is 0 Å². The Kier molecular flexibility index (Phi) is 3.87. The summed E-state index contributed by atoms with van der Waals surface area (Å²) in [5.74, 6) is -0.384. The highest BCUT2D eigenvalue weighted by Gasteiger charge is 2.13. The molecule has 0 aliphatic heterocycles. The topological polar surface area (TPSA) is 96.3 Å². The molecule has 1 atom stereocenters. The lowest BCUT2D eigenvalue weighted by Gasteiger charge is -2.10. The van der Waals surface area contributed by atoms with E-state index < -0.39 is 18.0 Å². The van der Waals surface area contributed by atoms with Gasteiger partial charge >= 0.3 is 12.0 Å². The van der Waals surface area contributed by atoms with Crippen molar-refractivity contribution in [3.63, 3.8) is 0 Å². The molecule has 3 N–H and O–H groups in total. The first kappa shape index (κ1) is 12.0. The van der Waals surface area contributed by atoms with Crippen LogP contribution in [0.1, 0.15) is 12.7 Å². The van der Waals surface area contributed by atoms with Gasteiger partial charge in [0.15, 0.2) is 0 Å². The van der Waals surface area contributed by atoms with Crippen molar-refractivity contribution in [3.05, 3.63) is 18.2 Å². The number of hydrogen-bond donors (Lipinski definition) is 3. The maximum Gasteiger partial charge on any atom is 0.325 e. The fraction of sp³-hybridized carbons (Fsp3) is 0.444. The number of aliphatic carboxylic acids is 1. The molecule has 0 radical (unpaired) electrons. The van der Waals surface area contributed by atoms with Crippen molar-refractivity contribution in [2.45, 2.75) is 19.5 Å². The Balaban J connectivity index is 2.36. The van der Waals surface area contributed by atoms with Gasteiger partial charge in [-0.2, -0.15) is 0 Å². The monoisotopic (exact) mass is 226 g/mol. The van der Waals surface area contributed by atoms with E-state index in [4.69, 9.17) is 5.11 Å². The SMILES string of the molecule is CC(NC(=O)NCc1nccn1C)C(=O)O. The smallest absolute Gasteiger partial charge is 0.325 e. The molecule has 2 amide bonds. The van der Waals surface area contributed by atoms with Gasteiger partial charge in [-0.25, -0.2) is 9.78 Å². The highest BCUT2D eigenvalue weighted by atomic mass is 16.4. The summed E-state index contributed by atoms with van der Waals surface area (Å²) < 4.78 is 1.76. The van der Waals surface area contributed by atoms with Crippen LogP contribution in [0.25, 0.3) is 0 Å². The zero-order chi connectivity index (χ0) is 12.1. The molecule has 0 aliphatic rings. The zero-order valence-electron chi connectivity index (χ0n) is 9.10. The van der Waals surface area contributed by atoms with Crippen LogP contribution >= 0.6 is 0 Å². The predicted octanol–water partition coefficient (Wildman–Crippen LogP) is -0.308. The van der Waals surface area contributed by atoms with E-state index in [1.807, 2.05) is 7.05 Å². The number of carboxylic acids is 1. The van der Waals surface area contributed by atoms with Crippen molar-refractivity contribution in [1.29, 1.82) is 0 Å². The third-order valence-corrected chi connectivity index (χ3v) is 2.05. The van der Waals surface area contributed by atoms with Crippen molar-refractivity contribution in [2.75, 3.05) is 0 Å². The predicted molar refractivity (Wildman–Crippen MR) is 55.7 cm³/mol. The number of carbonyl (C=O) groups is 2. The summed E-state index contributed by atoms with van der Waals surface area (Å²) >= 11 is 0. The first-order valence-electron chi connectivity index (χ1n) is 4.74. The van der Waals surface area contributed by atoms with Gasteiger partial charge in [0.2, 0.25) is 0 Å². The Morgan fingerprint density at radius 2 is 2.31 bits per heavy atom. The average molecular weight is 226 g/mol. The van der Waals surface area contributed by atoms with Crippen LogP contribution in [0, 0.1) is 0 Å². The van der Waals surface area contributed by atoms with Crippen LogP contribution in [0.4, 0.5) is 4.79 Å². The summed E-state index contributed by atoms with van der Waals surface area (Å²) in [5.41, 5.74) is 0. The molecule has 0 aromatic carbocycles. The fourth-order valence-corrected chi connectivity index (χ4v) is 1.04. The van der Waals surface area contributed by atoms with Crippen LogP contribution in [0.5, 0.6) is 0 Å². The van der Waals surface area contributed by atoms with Gasteiger partial charge in [0.25, 0.3) is 0 Å². The van der Waals surface area contributed by atoms with E-state index in [2.05, 4.69) is 15.6 Å². The lowest BCUT2D eigenvalue weighted by Crippen LogP contribution is -2.44. The summed E-state index contributed by atoms with van der Waals surface area (Å²) in [4.78, 5) is 25.7. The van der Waals surface area contributed by atoms with E-state index >= 15 is 0 Å². The molecule has 0 bridgehead atoms. The quantitative estimate of drug-likeness (QED) is 0.656. The normalized spacial score (nSPS) is 11.9. The molecule has 7 nitrogen and oxygen atoms in total. The molecule has 0 saturated carbocycles. The van der Waals surface area contributed by atoms with E-state index in [1.165, 1.54) is 6.92 Å². The van der Waals surface area contributed by atoms with Crippen molar-refractivity contribution in [3.8, 4) is 0 Å². The van der Waals surface area contributed by atoms with E-state index in [-0.39, 0.29) is 6.54 Å². The van der Waals surface area contributed by atoms with Gasteiger partial charge in [0.1, 0.15) is 11.9 Å². The number of aromatic nitrogens is 2. The first-order chi connectivity index (χ1) is 7.50. The third-order valence-electron chi connectivity index (χ3n) is 2.05. The number of nitrogens with zero attached hydrogens (tertiary/aromatic N) is 2. The number of carboxylic acid groups (broad SMARTS) is 1. The van der Waals surface area contributed by atoms with Gasteiger partial charge in [0.05, 0.1) is 6.54 Å². The third kappa shape index (κ3) is 3.26. The molecule has 0 aliphatic carbocycles. The van der Waals surface area contributed by atoms with E-state index in [9.17, 15) is 9.59 Å². The first-order valence-corrected chi connectivity index (χ1v) is 4.74.